The second-order valence-electron chi connectivity index (χ2n) is 3.89. The van der Waals surface area contributed by atoms with Crippen molar-refractivity contribution in [3.05, 3.63) is 33.9 Å². The Hall–Kier alpha value is -2.11. The van der Waals surface area contributed by atoms with Gasteiger partial charge in [-0.05, 0) is 19.4 Å². The molecule has 0 fully saturated rings. The highest BCUT2D eigenvalue weighted by Gasteiger charge is 2.18. The quantitative estimate of drug-likeness (QED) is 0.494. The number of anilines is 1. The molecule has 1 atom stereocenters. The topological polar surface area (TPSA) is 81.5 Å². The lowest BCUT2D eigenvalue weighted by atomic mass is 10.1. The fourth-order valence-electron chi connectivity index (χ4n) is 1.57. The summed E-state index contributed by atoms with van der Waals surface area (Å²) in [7, 11) is 1.31. The van der Waals surface area contributed by atoms with Gasteiger partial charge in [-0.2, -0.15) is 0 Å². The number of rotatable bonds is 5. The van der Waals surface area contributed by atoms with Crippen LogP contribution in [-0.2, 0) is 9.53 Å². The van der Waals surface area contributed by atoms with E-state index in [-0.39, 0.29) is 11.7 Å². The first-order valence-electron chi connectivity index (χ1n) is 5.59. The smallest absolute Gasteiger partial charge is 0.328 e. The number of esters is 1. The summed E-state index contributed by atoms with van der Waals surface area (Å²) in [6, 6.07) is 4.26. The van der Waals surface area contributed by atoms with E-state index in [1.54, 1.807) is 19.1 Å². The molecule has 1 unspecified atom stereocenters. The number of nitrogens with zero attached hydrogens (tertiary/aromatic N) is 1. The summed E-state index contributed by atoms with van der Waals surface area (Å²) >= 11 is 0. The molecule has 0 aliphatic rings. The van der Waals surface area contributed by atoms with Gasteiger partial charge in [-0.15, -0.1) is 0 Å². The van der Waals surface area contributed by atoms with Gasteiger partial charge in [-0.25, -0.2) is 4.79 Å². The fourth-order valence-corrected chi connectivity index (χ4v) is 1.57. The van der Waals surface area contributed by atoms with E-state index in [4.69, 9.17) is 0 Å². The highest BCUT2D eigenvalue weighted by molar-refractivity contribution is 5.79. The molecule has 1 rings (SSSR count). The van der Waals surface area contributed by atoms with Crippen LogP contribution in [0.15, 0.2) is 18.2 Å². The summed E-state index contributed by atoms with van der Waals surface area (Å²) in [5.41, 5.74) is 1.14. The lowest BCUT2D eigenvalue weighted by Crippen LogP contribution is -2.29. The summed E-state index contributed by atoms with van der Waals surface area (Å²) in [4.78, 5) is 21.8. The number of hydrogen-bond acceptors (Lipinski definition) is 5. The molecule has 1 N–H and O–H groups in total. The molecule has 0 radical (unpaired) electrons. The van der Waals surface area contributed by atoms with Crippen LogP contribution in [-0.4, -0.2) is 24.0 Å². The summed E-state index contributed by atoms with van der Waals surface area (Å²) in [6.45, 7) is 3.50. The fraction of sp³-hybridized carbons (Fsp3) is 0.417. The van der Waals surface area contributed by atoms with E-state index in [1.807, 2.05) is 6.92 Å². The highest BCUT2D eigenvalue weighted by Crippen LogP contribution is 2.23. The van der Waals surface area contributed by atoms with Crippen LogP contribution in [0.3, 0.4) is 0 Å². The molecule has 0 saturated carbocycles. The van der Waals surface area contributed by atoms with E-state index in [0.717, 1.165) is 0 Å². The number of benzene rings is 1. The predicted molar refractivity (Wildman–Crippen MR) is 67.6 cm³/mol. The van der Waals surface area contributed by atoms with E-state index in [1.165, 1.54) is 13.2 Å². The zero-order valence-corrected chi connectivity index (χ0v) is 10.6. The Morgan fingerprint density at radius 2 is 2.22 bits per heavy atom. The molecule has 0 aliphatic carbocycles. The number of aryl methyl sites for hydroxylation is 1. The van der Waals surface area contributed by atoms with E-state index >= 15 is 0 Å². The van der Waals surface area contributed by atoms with Crippen LogP contribution >= 0.6 is 0 Å². The monoisotopic (exact) mass is 252 g/mol. The van der Waals surface area contributed by atoms with Crippen LogP contribution in [0.1, 0.15) is 18.9 Å². The van der Waals surface area contributed by atoms with Crippen LogP contribution < -0.4 is 5.32 Å². The second kappa shape index (κ2) is 6.00. The normalized spacial score (nSPS) is 11.7. The Kier molecular flexibility index (Phi) is 4.65. The third kappa shape index (κ3) is 3.19. The Balaban J connectivity index is 2.94. The van der Waals surface area contributed by atoms with Gasteiger partial charge in [0.25, 0.3) is 5.69 Å². The third-order valence-electron chi connectivity index (χ3n) is 2.64. The van der Waals surface area contributed by atoms with Gasteiger partial charge in [0.15, 0.2) is 0 Å². The van der Waals surface area contributed by atoms with Gasteiger partial charge in [-0.1, -0.05) is 13.0 Å². The number of ether oxygens (including phenoxy) is 1. The standard InChI is InChI=1S/C12H16N2O4/c1-4-10(12(15)18-3)13-9-6-5-8(2)11(7-9)14(16)17/h5-7,10,13H,4H2,1-3H3. The van der Waals surface area contributed by atoms with E-state index in [0.29, 0.717) is 17.7 Å². The van der Waals surface area contributed by atoms with Crippen molar-refractivity contribution in [2.24, 2.45) is 0 Å². The van der Waals surface area contributed by atoms with E-state index < -0.39 is 11.0 Å². The lowest BCUT2D eigenvalue weighted by Gasteiger charge is -2.15. The summed E-state index contributed by atoms with van der Waals surface area (Å²) in [5.74, 6) is -0.388. The number of nitrogens with one attached hydrogen (secondary N) is 1. The van der Waals surface area contributed by atoms with Crippen molar-refractivity contribution in [2.75, 3.05) is 12.4 Å². The Morgan fingerprint density at radius 1 is 1.56 bits per heavy atom. The average Bonchev–Trinajstić information content (AvgIpc) is 2.36. The Morgan fingerprint density at radius 3 is 2.72 bits per heavy atom. The van der Waals surface area contributed by atoms with Crippen molar-refractivity contribution in [3.63, 3.8) is 0 Å². The van der Waals surface area contributed by atoms with Gasteiger partial charge < -0.3 is 10.1 Å². The van der Waals surface area contributed by atoms with Crippen LogP contribution in [0.2, 0.25) is 0 Å². The Labute approximate surface area is 105 Å². The molecule has 98 valence electrons. The molecule has 0 heterocycles. The number of nitro groups is 1. The second-order valence-corrected chi connectivity index (χ2v) is 3.89. The Bertz CT molecular complexity index is 459. The number of carbonyl (C=O) groups excluding carboxylic acids is 1. The van der Waals surface area contributed by atoms with Crippen molar-refractivity contribution >= 4 is 17.3 Å². The van der Waals surface area contributed by atoms with Gasteiger partial charge in [0.2, 0.25) is 0 Å². The number of nitro benzene ring substituents is 1. The minimum atomic E-state index is -0.502. The summed E-state index contributed by atoms with van der Waals surface area (Å²) in [6.07, 6.45) is 0.536. The lowest BCUT2D eigenvalue weighted by molar-refractivity contribution is -0.385. The van der Waals surface area contributed by atoms with Crippen molar-refractivity contribution in [3.8, 4) is 0 Å². The van der Waals surface area contributed by atoms with Gasteiger partial charge in [0.1, 0.15) is 6.04 Å². The van der Waals surface area contributed by atoms with E-state index in [2.05, 4.69) is 10.1 Å². The van der Waals surface area contributed by atoms with E-state index in [9.17, 15) is 14.9 Å². The van der Waals surface area contributed by atoms with Crippen molar-refractivity contribution < 1.29 is 14.5 Å². The van der Waals surface area contributed by atoms with Gasteiger partial charge in [-0.3, -0.25) is 10.1 Å². The number of carbonyl (C=O) groups is 1. The zero-order chi connectivity index (χ0) is 13.7. The maximum absolute atomic E-state index is 11.4. The van der Waals surface area contributed by atoms with Gasteiger partial charge in [0.05, 0.1) is 12.0 Å². The minimum absolute atomic E-state index is 0.0275. The number of hydrogen-bond donors (Lipinski definition) is 1. The minimum Gasteiger partial charge on any atom is -0.467 e. The first-order chi connectivity index (χ1) is 8.49. The van der Waals surface area contributed by atoms with Crippen molar-refractivity contribution in [2.45, 2.75) is 26.3 Å². The largest absolute Gasteiger partial charge is 0.467 e. The summed E-state index contributed by atoms with van der Waals surface area (Å²) < 4.78 is 4.64. The molecule has 6 heteroatoms. The predicted octanol–water partition coefficient (Wildman–Crippen LogP) is 2.27. The maximum Gasteiger partial charge on any atom is 0.328 e. The zero-order valence-electron chi connectivity index (χ0n) is 10.6. The number of methoxy groups -OCH3 is 1. The molecule has 0 aliphatic heterocycles. The molecule has 0 aromatic heterocycles. The van der Waals surface area contributed by atoms with Crippen LogP contribution in [0.4, 0.5) is 11.4 Å². The van der Waals surface area contributed by atoms with Crippen LogP contribution in [0.25, 0.3) is 0 Å². The third-order valence-corrected chi connectivity index (χ3v) is 2.64. The SMILES string of the molecule is CCC(Nc1ccc(C)c([N+](=O)[O-])c1)C(=O)OC. The first-order valence-corrected chi connectivity index (χ1v) is 5.59. The molecular weight excluding hydrogens is 236 g/mol. The molecule has 0 bridgehead atoms. The molecule has 1 aromatic carbocycles. The van der Waals surface area contributed by atoms with Crippen molar-refractivity contribution in [1.82, 2.24) is 0 Å². The molecule has 0 saturated heterocycles. The average molecular weight is 252 g/mol. The first kappa shape index (κ1) is 14.0. The molecule has 0 spiro atoms. The van der Waals surface area contributed by atoms with Crippen LogP contribution in [0.5, 0.6) is 0 Å². The molecule has 1 aromatic rings. The van der Waals surface area contributed by atoms with Crippen LogP contribution in [0, 0.1) is 17.0 Å². The van der Waals surface area contributed by atoms with Gasteiger partial charge >= 0.3 is 5.97 Å². The molecule has 18 heavy (non-hydrogen) atoms. The summed E-state index contributed by atoms with van der Waals surface area (Å²) in [5, 5.41) is 13.7. The van der Waals surface area contributed by atoms with Crippen molar-refractivity contribution in [1.29, 1.82) is 0 Å². The molecule has 6 nitrogen and oxygen atoms in total. The molecular formula is C12H16N2O4. The molecule has 0 amide bonds. The highest BCUT2D eigenvalue weighted by atomic mass is 16.6. The maximum atomic E-state index is 11.4. The van der Waals surface area contributed by atoms with Gasteiger partial charge in [0, 0.05) is 17.3 Å².